The topological polar surface area (TPSA) is 63.3 Å². The molecule has 118 valence electrons. The Kier molecular flexibility index (Phi) is 7.92. The predicted molar refractivity (Wildman–Crippen MR) is 103 cm³/mol. The summed E-state index contributed by atoms with van der Waals surface area (Å²) in [6, 6.07) is 9.13. The number of nitrogens with zero attached hydrogens (tertiary/aromatic N) is 2. The van der Waals surface area contributed by atoms with Gasteiger partial charge in [0, 0.05) is 22.4 Å². The van der Waals surface area contributed by atoms with Crippen LogP contribution < -0.4 is 11.1 Å². The average molecular weight is 451 g/mol. The van der Waals surface area contributed by atoms with Crippen molar-refractivity contribution in [1.29, 1.82) is 0 Å². The summed E-state index contributed by atoms with van der Waals surface area (Å²) in [4.78, 5) is 8.31. The van der Waals surface area contributed by atoms with E-state index >= 15 is 0 Å². The lowest BCUT2D eigenvalue weighted by atomic mass is 10.1. The largest absolute Gasteiger partial charge is 0.370 e. The second kappa shape index (κ2) is 9.17. The third-order valence-corrected chi connectivity index (χ3v) is 3.51. The fraction of sp³-hybridized carbons (Fsp3) is 0.200. The Morgan fingerprint density at radius 1 is 1.36 bits per heavy atom. The van der Waals surface area contributed by atoms with Gasteiger partial charge < -0.3 is 11.1 Å². The van der Waals surface area contributed by atoms with Crippen LogP contribution in [0.1, 0.15) is 24.1 Å². The zero-order valence-electron chi connectivity index (χ0n) is 12.0. The molecule has 4 nitrogen and oxygen atoms in total. The molecule has 2 rings (SSSR count). The number of nitrogens with one attached hydrogen (secondary N) is 1. The van der Waals surface area contributed by atoms with Crippen molar-refractivity contribution in [2.45, 2.75) is 19.5 Å². The number of pyridine rings is 1. The first-order chi connectivity index (χ1) is 10.1. The number of halogens is 3. The highest BCUT2D eigenvalue weighted by Crippen LogP contribution is 2.25. The summed E-state index contributed by atoms with van der Waals surface area (Å²) in [5.41, 5.74) is 7.81. The zero-order valence-corrected chi connectivity index (χ0v) is 15.8. The van der Waals surface area contributed by atoms with E-state index in [1.54, 1.807) is 24.5 Å². The second-order valence-electron chi connectivity index (χ2n) is 4.59. The second-order valence-corrected chi connectivity index (χ2v) is 5.44. The number of nitrogens with two attached hydrogens (primary N) is 1. The number of hydrogen-bond donors (Lipinski definition) is 2. The lowest BCUT2D eigenvalue weighted by molar-refractivity contribution is 0.708. The van der Waals surface area contributed by atoms with E-state index in [1.807, 2.05) is 25.1 Å². The molecule has 0 bridgehead atoms. The molecular formula is C15H17Cl2IN4. The van der Waals surface area contributed by atoms with Gasteiger partial charge >= 0.3 is 0 Å². The molecule has 0 spiro atoms. The molecule has 1 atom stereocenters. The lowest BCUT2D eigenvalue weighted by Gasteiger charge is -2.16. The van der Waals surface area contributed by atoms with Gasteiger partial charge in [0.05, 0.1) is 12.6 Å². The summed E-state index contributed by atoms with van der Waals surface area (Å²) in [7, 11) is 0. The maximum Gasteiger partial charge on any atom is 0.189 e. The zero-order chi connectivity index (χ0) is 15.2. The van der Waals surface area contributed by atoms with E-state index in [0.717, 1.165) is 11.1 Å². The molecule has 0 radical (unpaired) electrons. The van der Waals surface area contributed by atoms with E-state index in [-0.39, 0.29) is 30.0 Å². The Hall–Kier alpha value is -1.05. The molecule has 1 heterocycles. The van der Waals surface area contributed by atoms with Crippen LogP contribution in [0.15, 0.2) is 47.7 Å². The normalized spacial score (nSPS) is 12.4. The third-order valence-electron chi connectivity index (χ3n) is 2.95. The minimum absolute atomic E-state index is 0. The van der Waals surface area contributed by atoms with Gasteiger partial charge in [-0.2, -0.15) is 0 Å². The number of aromatic nitrogens is 1. The fourth-order valence-electron chi connectivity index (χ4n) is 1.87. The summed E-state index contributed by atoms with van der Waals surface area (Å²) >= 11 is 12.1. The Labute approximate surface area is 157 Å². The third kappa shape index (κ3) is 5.62. The molecule has 1 aromatic carbocycles. The molecule has 0 aliphatic carbocycles. The van der Waals surface area contributed by atoms with Crippen molar-refractivity contribution in [2.24, 2.45) is 10.7 Å². The van der Waals surface area contributed by atoms with Gasteiger partial charge in [0.1, 0.15) is 0 Å². The monoisotopic (exact) mass is 450 g/mol. The molecule has 3 N–H and O–H groups in total. The molecule has 0 saturated carbocycles. The predicted octanol–water partition coefficient (Wildman–Crippen LogP) is 4.17. The first-order valence-corrected chi connectivity index (χ1v) is 7.22. The van der Waals surface area contributed by atoms with Crippen molar-refractivity contribution in [3.05, 3.63) is 63.9 Å². The maximum absolute atomic E-state index is 6.17. The minimum Gasteiger partial charge on any atom is -0.370 e. The first kappa shape index (κ1) is 19.0. The molecule has 7 heteroatoms. The van der Waals surface area contributed by atoms with E-state index in [9.17, 15) is 0 Å². The van der Waals surface area contributed by atoms with Crippen molar-refractivity contribution in [3.8, 4) is 0 Å². The van der Waals surface area contributed by atoms with Crippen LogP contribution >= 0.6 is 47.2 Å². The van der Waals surface area contributed by atoms with Gasteiger partial charge in [-0.1, -0.05) is 35.3 Å². The molecule has 2 aromatic rings. The van der Waals surface area contributed by atoms with Crippen molar-refractivity contribution in [3.63, 3.8) is 0 Å². The molecule has 0 aliphatic heterocycles. The molecule has 1 unspecified atom stereocenters. The van der Waals surface area contributed by atoms with Crippen LogP contribution in [-0.4, -0.2) is 10.9 Å². The van der Waals surface area contributed by atoms with Gasteiger partial charge in [-0.3, -0.25) is 4.98 Å². The standard InChI is InChI=1S/C15H16Cl2N4.HI/c1-10(13-5-4-12(16)7-14(13)17)21-15(18)20-9-11-3-2-6-19-8-11;/h2-8,10H,9H2,1H3,(H3,18,20,21);1H. The summed E-state index contributed by atoms with van der Waals surface area (Å²) < 4.78 is 0. The van der Waals surface area contributed by atoms with Crippen molar-refractivity contribution in [2.75, 3.05) is 0 Å². The quantitative estimate of drug-likeness (QED) is 0.417. The maximum atomic E-state index is 6.17. The smallest absolute Gasteiger partial charge is 0.189 e. The Balaban J connectivity index is 0.00000242. The number of aliphatic imine (C=N–C) groups is 1. The fourth-order valence-corrected chi connectivity index (χ4v) is 2.44. The number of rotatable bonds is 4. The number of benzene rings is 1. The summed E-state index contributed by atoms with van der Waals surface area (Å²) in [6.45, 7) is 2.44. The first-order valence-electron chi connectivity index (χ1n) is 6.46. The van der Waals surface area contributed by atoms with Crippen LogP contribution in [0.3, 0.4) is 0 Å². The molecule has 0 saturated heterocycles. The van der Waals surface area contributed by atoms with Crippen LogP contribution in [-0.2, 0) is 6.54 Å². The van der Waals surface area contributed by atoms with Gasteiger partial charge in [-0.25, -0.2) is 4.99 Å². The van der Waals surface area contributed by atoms with Gasteiger partial charge in [0.2, 0.25) is 0 Å². The van der Waals surface area contributed by atoms with Gasteiger partial charge in [0.25, 0.3) is 0 Å². The van der Waals surface area contributed by atoms with Crippen molar-refractivity contribution in [1.82, 2.24) is 10.3 Å². The molecule has 0 aliphatic rings. The van der Waals surface area contributed by atoms with E-state index < -0.39 is 0 Å². The van der Waals surface area contributed by atoms with E-state index in [4.69, 9.17) is 28.9 Å². The Bertz CT molecular complexity index is 635. The molecule has 22 heavy (non-hydrogen) atoms. The van der Waals surface area contributed by atoms with Crippen LogP contribution in [0.4, 0.5) is 0 Å². The molecule has 0 fully saturated rings. The van der Waals surface area contributed by atoms with E-state index in [2.05, 4.69) is 15.3 Å². The number of guanidine groups is 1. The van der Waals surface area contributed by atoms with Gasteiger partial charge in [-0.05, 0) is 36.2 Å². The van der Waals surface area contributed by atoms with Crippen LogP contribution in [0.5, 0.6) is 0 Å². The van der Waals surface area contributed by atoms with Crippen molar-refractivity contribution >= 4 is 53.1 Å². The Morgan fingerprint density at radius 3 is 2.77 bits per heavy atom. The Morgan fingerprint density at radius 2 is 2.14 bits per heavy atom. The molecular weight excluding hydrogens is 434 g/mol. The van der Waals surface area contributed by atoms with Crippen LogP contribution in [0.2, 0.25) is 10.0 Å². The van der Waals surface area contributed by atoms with Crippen molar-refractivity contribution < 1.29 is 0 Å². The minimum atomic E-state index is -0.0626. The van der Waals surface area contributed by atoms with Gasteiger partial charge in [-0.15, -0.1) is 24.0 Å². The summed E-state index contributed by atoms with van der Waals surface area (Å²) in [6.07, 6.45) is 3.48. The number of hydrogen-bond acceptors (Lipinski definition) is 2. The lowest BCUT2D eigenvalue weighted by Crippen LogP contribution is -2.34. The molecule has 1 aromatic heterocycles. The van der Waals surface area contributed by atoms with E-state index in [0.29, 0.717) is 22.5 Å². The van der Waals surface area contributed by atoms with Crippen LogP contribution in [0, 0.1) is 0 Å². The van der Waals surface area contributed by atoms with Gasteiger partial charge in [0.15, 0.2) is 5.96 Å². The highest BCUT2D eigenvalue weighted by molar-refractivity contribution is 14.0. The molecule has 0 amide bonds. The highest BCUT2D eigenvalue weighted by Gasteiger charge is 2.10. The summed E-state index contributed by atoms with van der Waals surface area (Å²) in [5.74, 6) is 0.359. The SMILES string of the molecule is CC(NC(N)=NCc1cccnc1)c1ccc(Cl)cc1Cl.I. The van der Waals surface area contributed by atoms with E-state index in [1.165, 1.54) is 0 Å². The summed E-state index contributed by atoms with van der Waals surface area (Å²) in [5, 5.41) is 4.31. The average Bonchev–Trinajstić information content (AvgIpc) is 2.46. The highest BCUT2D eigenvalue weighted by atomic mass is 127. The van der Waals surface area contributed by atoms with Crippen LogP contribution in [0.25, 0.3) is 0 Å².